The molecule has 1 fully saturated rings. The molecule has 0 bridgehead atoms. The van der Waals surface area contributed by atoms with E-state index < -0.39 is 10.0 Å². The van der Waals surface area contributed by atoms with Crippen molar-refractivity contribution in [1.82, 2.24) is 10.2 Å². The van der Waals surface area contributed by atoms with Gasteiger partial charge in [-0.3, -0.25) is 0 Å². The number of anilines is 1. The molecule has 0 amide bonds. The first-order valence-electron chi connectivity index (χ1n) is 7.47. The van der Waals surface area contributed by atoms with Gasteiger partial charge < -0.3 is 5.32 Å². The van der Waals surface area contributed by atoms with Crippen LogP contribution in [0.15, 0.2) is 17.0 Å². The molecular formula is C14H16Cl2N4O2S2. The van der Waals surface area contributed by atoms with Gasteiger partial charge in [-0.25, -0.2) is 13.6 Å². The summed E-state index contributed by atoms with van der Waals surface area (Å²) >= 11 is 13.4. The third kappa shape index (κ3) is 4.00. The van der Waals surface area contributed by atoms with Gasteiger partial charge in [-0.1, -0.05) is 53.8 Å². The van der Waals surface area contributed by atoms with Gasteiger partial charge in [-0.05, 0) is 25.0 Å². The van der Waals surface area contributed by atoms with Crippen molar-refractivity contribution in [3.05, 3.63) is 22.2 Å². The van der Waals surface area contributed by atoms with E-state index in [0.29, 0.717) is 26.8 Å². The van der Waals surface area contributed by atoms with Crippen LogP contribution in [0, 0.1) is 0 Å². The lowest BCUT2D eigenvalue weighted by Gasteiger charge is -2.21. The highest BCUT2D eigenvalue weighted by molar-refractivity contribution is 7.89. The molecule has 0 spiro atoms. The van der Waals surface area contributed by atoms with Crippen molar-refractivity contribution in [2.45, 2.75) is 43.0 Å². The van der Waals surface area contributed by atoms with Crippen LogP contribution in [0.5, 0.6) is 0 Å². The van der Waals surface area contributed by atoms with Gasteiger partial charge in [0, 0.05) is 11.6 Å². The molecule has 0 atom stereocenters. The van der Waals surface area contributed by atoms with E-state index in [1.54, 1.807) is 0 Å². The minimum absolute atomic E-state index is 0.0173. The average Bonchev–Trinajstić information content (AvgIpc) is 2.95. The molecule has 6 nitrogen and oxygen atoms in total. The SMILES string of the molecule is NS(=O)(=O)c1cc(-c2nnc(NC3CCCCC3)s2)c(Cl)cc1Cl. The molecule has 1 aromatic carbocycles. The summed E-state index contributed by atoms with van der Waals surface area (Å²) in [4.78, 5) is -0.180. The number of nitrogens with one attached hydrogen (secondary N) is 1. The first-order chi connectivity index (χ1) is 11.3. The zero-order valence-electron chi connectivity index (χ0n) is 12.6. The Morgan fingerprint density at radius 3 is 2.50 bits per heavy atom. The molecule has 10 heteroatoms. The summed E-state index contributed by atoms with van der Waals surface area (Å²) in [6.45, 7) is 0. The van der Waals surface area contributed by atoms with Crippen molar-refractivity contribution >= 4 is 49.7 Å². The van der Waals surface area contributed by atoms with Crippen molar-refractivity contribution in [2.75, 3.05) is 5.32 Å². The molecule has 1 aliphatic carbocycles. The second kappa shape index (κ2) is 7.13. The quantitative estimate of drug-likeness (QED) is 0.801. The third-order valence-electron chi connectivity index (χ3n) is 3.92. The summed E-state index contributed by atoms with van der Waals surface area (Å²) in [7, 11) is -3.95. The Morgan fingerprint density at radius 1 is 1.12 bits per heavy atom. The molecule has 0 unspecified atom stereocenters. The lowest BCUT2D eigenvalue weighted by Crippen LogP contribution is -2.21. The molecule has 1 saturated carbocycles. The van der Waals surface area contributed by atoms with Gasteiger partial charge in [0.2, 0.25) is 15.2 Å². The Bertz CT molecular complexity index is 848. The second-order valence-electron chi connectivity index (χ2n) is 5.70. The molecular weight excluding hydrogens is 391 g/mol. The zero-order chi connectivity index (χ0) is 17.3. The fourth-order valence-electron chi connectivity index (χ4n) is 2.72. The topological polar surface area (TPSA) is 98.0 Å². The minimum Gasteiger partial charge on any atom is -0.357 e. The van der Waals surface area contributed by atoms with Crippen LogP contribution >= 0.6 is 34.5 Å². The number of rotatable bonds is 4. The number of nitrogens with two attached hydrogens (primary N) is 1. The van der Waals surface area contributed by atoms with E-state index in [2.05, 4.69) is 15.5 Å². The van der Waals surface area contributed by atoms with Crippen LogP contribution in [0.2, 0.25) is 10.0 Å². The first kappa shape index (κ1) is 17.9. The van der Waals surface area contributed by atoms with Crippen molar-refractivity contribution in [1.29, 1.82) is 0 Å². The maximum atomic E-state index is 11.6. The molecule has 0 radical (unpaired) electrons. The van der Waals surface area contributed by atoms with E-state index in [1.165, 1.54) is 42.7 Å². The monoisotopic (exact) mass is 406 g/mol. The number of aromatic nitrogens is 2. The fraction of sp³-hybridized carbons (Fsp3) is 0.429. The first-order valence-corrected chi connectivity index (χ1v) is 10.6. The second-order valence-corrected chi connectivity index (χ2v) is 9.02. The molecule has 3 N–H and O–H groups in total. The Labute approximate surface area is 154 Å². The summed E-state index contributed by atoms with van der Waals surface area (Å²) in [5, 5.41) is 18.3. The van der Waals surface area contributed by atoms with Gasteiger partial charge in [0.1, 0.15) is 4.90 Å². The molecule has 1 aliphatic rings. The standard InChI is InChI=1S/C14H16Cl2N4O2S2/c15-10-7-11(16)12(24(17,21)22)6-9(10)13-19-20-14(23-13)18-8-4-2-1-3-5-8/h6-8H,1-5H2,(H,18,20)(H2,17,21,22). The molecule has 1 heterocycles. The number of benzene rings is 1. The minimum atomic E-state index is -3.95. The normalized spacial score (nSPS) is 16.3. The van der Waals surface area contributed by atoms with Gasteiger partial charge >= 0.3 is 0 Å². The van der Waals surface area contributed by atoms with E-state index in [-0.39, 0.29) is 9.92 Å². The van der Waals surface area contributed by atoms with E-state index in [1.807, 2.05) is 0 Å². The summed E-state index contributed by atoms with van der Waals surface area (Å²) in [5.41, 5.74) is 0.444. The average molecular weight is 407 g/mol. The molecule has 130 valence electrons. The number of hydrogen-bond donors (Lipinski definition) is 2. The van der Waals surface area contributed by atoms with Crippen LogP contribution in [-0.4, -0.2) is 24.7 Å². The molecule has 1 aromatic heterocycles. The highest BCUT2D eigenvalue weighted by Gasteiger charge is 2.20. The highest BCUT2D eigenvalue weighted by Crippen LogP contribution is 2.37. The van der Waals surface area contributed by atoms with Crippen molar-refractivity contribution in [3.63, 3.8) is 0 Å². The van der Waals surface area contributed by atoms with Crippen LogP contribution in [0.3, 0.4) is 0 Å². The lowest BCUT2D eigenvalue weighted by molar-refractivity contribution is 0.462. The Kier molecular flexibility index (Phi) is 5.31. The number of nitrogens with zero attached hydrogens (tertiary/aromatic N) is 2. The molecule has 0 aliphatic heterocycles. The van der Waals surface area contributed by atoms with Crippen LogP contribution in [0.25, 0.3) is 10.6 Å². The van der Waals surface area contributed by atoms with Gasteiger partial charge in [-0.2, -0.15) is 0 Å². The van der Waals surface area contributed by atoms with Gasteiger partial charge in [0.05, 0.1) is 10.0 Å². The molecule has 3 rings (SSSR count). The summed E-state index contributed by atoms with van der Waals surface area (Å²) in [6, 6.07) is 3.10. The predicted molar refractivity (Wildman–Crippen MR) is 97.2 cm³/mol. The van der Waals surface area contributed by atoms with Gasteiger partial charge in [0.25, 0.3) is 0 Å². The zero-order valence-corrected chi connectivity index (χ0v) is 15.8. The van der Waals surface area contributed by atoms with Crippen molar-refractivity contribution in [3.8, 4) is 10.6 Å². The van der Waals surface area contributed by atoms with E-state index >= 15 is 0 Å². The van der Waals surface area contributed by atoms with Crippen molar-refractivity contribution in [2.24, 2.45) is 5.14 Å². The smallest absolute Gasteiger partial charge is 0.239 e. The van der Waals surface area contributed by atoms with Crippen LogP contribution in [-0.2, 0) is 10.0 Å². The summed E-state index contributed by atoms with van der Waals surface area (Å²) in [5.74, 6) is 0. The number of sulfonamides is 1. The summed E-state index contributed by atoms with van der Waals surface area (Å²) in [6.07, 6.45) is 5.93. The fourth-order valence-corrected chi connectivity index (χ4v) is 5.04. The van der Waals surface area contributed by atoms with Crippen LogP contribution < -0.4 is 10.5 Å². The molecule has 0 saturated heterocycles. The maximum absolute atomic E-state index is 11.6. The predicted octanol–water partition coefficient (Wildman–Crippen LogP) is 3.90. The Morgan fingerprint density at radius 2 is 1.83 bits per heavy atom. The highest BCUT2D eigenvalue weighted by atomic mass is 35.5. The number of halogens is 2. The van der Waals surface area contributed by atoms with Gasteiger partial charge in [0.15, 0.2) is 5.01 Å². The van der Waals surface area contributed by atoms with Crippen molar-refractivity contribution < 1.29 is 8.42 Å². The number of hydrogen-bond acceptors (Lipinski definition) is 6. The maximum Gasteiger partial charge on any atom is 0.239 e. The lowest BCUT2D eigenvalue weighted by atomic mass is 9.96. The number of primary sulfonamides is 1. The van der Waals surface area contributed by atoms with E-state index in [0.717, 1.165) is 12.8 Å². The van der Waals surface area contributed by atoms with Crippen LogP contribution in [0.4, 0.5) is 5.13 Å². The van der Waals surface area contributed by atoms with E-state index in [9.17, 15) is 8.42 Å². The van der Waals surface area contributed by atoms with Gasteiger partial charge in [-0.15, -0.1) is 10.2 Å². The molecule has 24 heavy (non-hydrogen) atoms. The third-order valence-corrected chi connectivity index (χ3v) is 6.49. The Hall–Kier alpha value is -0.930. The Balaban J connectivity index is 1.89. The summed E-state index contributed by atoms with van der Waals surface area (Å²) < 4.78 is 23.2. The molecule has 2 aromatic rings. The largest absolute Gasteiger partial charge is 0.357 e. The van der Waals surface area contributed by atoms with Crippen LogP contribution in [0.1, 0.15) is 32.1 Å². The van der Waals surface area contributed by atoms with E-state index in [4.69, 9.17) is 28.3 Å².